The zero-order valence-corrected chi connectivity index (χ0v) is 10.6. The van der Waals surface area contributed by atoms with E-state index in [1.54, 1.807) is 12.1 Å². The molecule has 0 spiro atoms. The van der Waals surface area contributed by atoms with E-state index in [1.807, 2.05) is 12.1 Å². The van der Waals surface area contributed by atoms with Crippen molar-refractivity contribution in [3.8, 4) is 0 Å². The summed E-state index contributed by atoms with van der Waals surface area (Å²) in [4.78, 5) is 11.6. The number of rotatable bonds is 5. The first-order valence-electron chi connectivity index (χ1n) is 5.91. The molecule has 2 rings (SSSR count). The van der Waals surface area contributed by atoms with E-state index in [9.17, 15) is 4.79 Å². The molecular weight excluding hydrogens is 236 g/mol. The van der Waals surface area contributed by atoms with Gasteiger partial charge in [0.05, 0.1) is 6.54 Å². The summed E-state index contributed by atoms with van der Waals surface area (Å²) < 4.78 is 0. The van der Waals surface area contributed by atoms with Gasteiger partial charge in [-0.3, -0.25) is 4.79 Å². The smallest absolute Gasteiger partial charge is 0.238 e. The van der Waals surface area contributed by atoms with Crippen molar-refractivity contribution in [2.45, 2.75) is 13.3 Å². The summed E-state index contributed by atoms with van der Waals surface area (Å²) in [6.07, 6.45) is 1.28. The van der Waals surface area contributed by atoms with Gasteiger partial charge in [0.1, 0.15) is 0 Å². The number of hydrogen-bond acceptors (Lipinski definition) is 2. The van der Waals surface area contributed by atoms with Gasteiger partial charge in [-0.25, -0.2) is 0 Å². The first-order chi connectivity index (χ1) is 8.15. The number of nitrogens with one attached hydrogen (secondary N) is 2. The van der Waals surface area contributed by atoms with Crippen LogP contribution in [-0.2, 0) is 4.79 Å². The lowest BCUT2D eigenvalue weighted by Crippen LogP contribution is -2.29. The zero-order chi connectivity index (χ0) is 12.3. The predicted molar refractivity (Wildman–Crippen MR) is 70.2 cm³/mol. The highest BCUT2D eigenvalue weighted by Gasteiger charge is 2.31. The third kappa shape index (κ3) is 4.02. The fraction of sp³-hybridized carbons (Fsp3) is 0.462. The van der Waals surface area contributed by atoms with E-state index in [0.717, 1.165) is 24.1 Å². The van der Waals surface area contributed by atoms with Crippen molar-refractivity contribution < 1.29 is 4.79 Å². The quantitative estimate of drug-likeness (QED) is 0.846. The Morgan fingerprint density at radius 3 is 2.94 bits per heavy atom. The Balaban J connectivity index is 1.69. The van der Waals surface area contributed by atoms with Gasteiger partial charge in [0, 0.05) is 10.7 Å². The minimum Gasteiger partial charge on any atom is -0.325 e. The second kappa shape index (κ2) is 5.52. The number of anilines is 1. The Kier molecular flexibility index (Phi) is 4.02. The Bertz CT molecular complexity index is 408. The van der Waals surface area contributed by atoms with Crippen LogP contribution in [0.15, 0.2) is 24.3 Å². The van der Waals surface area contributed by atoms with Gasteiger partial charge in [-0.05, 0) is 43.0 Å². The van der Waals surface area contributed by atoms with Gasteiger partial charge in [0.25, 0.3) is 0 Å². The molecule has 0 radical (unpaired) electrons. The summed E-state index contributed by atoms with van der Waals surface area (Å²) in [5, 5.41) is 6.60. The molecule has 1 aromatic rings. The Labute approximate surface area is 107 Å². The van der Waals surface area contributed by atoms with Crippen molar-refractivity contribution in [2.24, 2.45) is 11.8 Å². The average molecular weight is 253 g/mol. The Morgan fingerprint density at radius 2 is 2.29 bits per heavy atom. The maximum atomic E-state index is 11.6. The van der Waals surface area contributed by atoms with E-state index in [2.05, 4.69) is 17.6 Å². The number of benzene rings is 1. The molecule has 2 unspecified atom stereocenters. The first-order valence-corrected chi connectivity index (χ1v) is 6.29. The summed E-state index contributed by atoms with van der Waals surface area (Å²) in [5.41, 5.74) is 0.740. The summed E-state index contributed by atoms with van der Waals surface area (Å²) >= 11 is 5.83. The predicted octanol–water partition coefficient (Wildman–Crippen LogP) is 2.52. The monoisotopic (exact) mass is 252 g/mol. The van der Waals surface area contributed by atoms with Crippen molar-refractivity contribution in [1.29, 1.82) is 0 Å². The zero-order valence-electron chi connectivity index (χ0n) is 9.87. The molecule has 0 aliphatic heterocycles. The maximum Gasteiger partial charge on any atom is 0.238 e. The second-order valence-corrected chi connectivity index (χ2v) is 5.10. The van der Waals surface area contributed by atoms with Gasteiger partial charge in [0.15, 0.2) is 0 Å². The Morgan fingerprint density at radius 1 is 1.53 bits per heavy atom. The summed E-state index contributed by atoms with van der Waals surface area (Å²) in [5.74, 6) is 1.55. The van der Waals surface area contributed by atoms with E-state index in [4.69, 9.17) is 11.6 Å². The molecule has 0 aromatic heterocycles. The molecule has 0 saturated heterocycles. The molecule has 0 bridgehead atoms. The van der Waals surface area contributed by atoms with Crippen molar-refractivity contribution in [3.63, 3.8) is 0 Å². The topological polar surface area (TPSA) is 41.1 Å². The van der Waals surface area contributed by atoms with Gasteiger partial charge in [0.2, 0.25) is 5.91 Å². The van der Waals surface area contributed by atoms with Gasteiger partial charge in [-0.2, -0.15) is 0 Å². The highest BCUT2D eigenvalue weighted by atomic mass is 35.5. The molecular formula is C13H17ClN2O. The molecule has 1 amide bonds. The van der Waals surface area contributed by atoms with Crippen LogP contribution < -0.4 is 10.6 Å². The molecule has 1 saturated carbocycles. The lowest BCUT2D eigenvalue weighted by Gasteiger charge is -2.06. The number of amides is 1. The fourth-order valence-corrected chi connectivity index (χ4v) is 2.02. The molecule has 1 fully saturated rings. The summed E-state index contributed by atoms with van der Waals surface area (Å²) in [7, 11) is 0. The van der Waals surface area contributed by atoms with Crippen LogP contribution >= 0.6 is 11.6 Å². The molecule has 2 N–H and O–H groups in total. The van der Waals surface area contributed by atoms with E-state index in [-0.39, 0.29) is 5.91 Å². The summed E-state index contributed by atoms with van der Waals surface area (Å²) in [6, 6.07) is 7.16. The van der Waals surface area contributed by atoms with Crippen molar-refractivity contribution in [1.82, 2.24) is 5.32 Å². The van der Waals surface area contributed by atoms with Crippen LogP contribution in [0.2, 0.25) is 5.02 Å². The second-order valence-electron chi connectivity index (χ2n) is 4.66. The molecule has 1 aromatic carbocycles. The van der Waals surface area contributed by atoms with E-state index in [1.165, 1.54) is 6.42 Å². The fourth-order valence-electron chi connectivity index (χ4n) is 1.83. The van der Waals surface area contributed by atoms with Crippen LogP contribution in [0.5, 0.6) is 0 Å². The normalized spacial score (nSPS) is 22.2. The molecule has 1 aliphatic rings. The maximum absolute atomic E-state index is 11.6. The van der Waals surface area contributed by atoms with E-state index < -0.39 is 0 Å². The molecule has 1 aliphatic carbocycles. The van der Waals surface area contributed by atoms with Crippen molar-refractivity contribution >= 4 is 23.2 Å². The minimum absolute atomic E-state index is 0.0273. The number of carbonyl (C=O) groups is 1. The van der Waals surface area contributed by atoms with Crippen LogP contribution in [0.4, 0.5) is 5.69 Å². The highest BCUT2D eigenvalue weighted by molar-refractivity contribution is 6.30. The lowest BCUT2D eigenvalue weighted by atomic mass is 10.3. The van der Waals surface area contributed by atoms with Crippen LogP contribution in [0, 0.1) is 11.8 Å². The Hall–Kier alpha value is -1.06. The van der Waals surface area contributed by atoms with Gasteiger partial charge < -0.3 is 10.6 Å². The molecule has 0 heterocycles. The standard InChI is InChI=1S/C13H17ClN2O/c1-9-5-10(9)7-15-8-13(17)16-12-4-2-3-11(14)6-12/h2-4,6,9-10,15H,5,7-8H2,1H3,(H,16,17). The lowest BCUT2D eigenvalue weighted by molar-refractivity contribution is -0.115. The van der Waals surface area contributed by atoms with Crippen LogP contribution in [0.25, 0.3) is 0 Å². The van der Waals surface area contributed by atoms with Crippen LogP contribution in [0.3, 0.4) is 0 Å². The average Bonchev–Trinajstić information content (AvgIpc) is 2.94. The number of halogens is 1. The van der Waals surface area contributed by atoms with E-state index in [0.29, 0.717) is 11.6 Å². The van der Waals surface area contributed by atoms with Crippen LogP contribution in [-0.4, -0.2) is 19.0 Å². The molecule has 17 heavy (non-hydrogen) atoms. The number of carbonyl (C=O) groups excluding carboxylic acids is 1. The third-order valence-corrected chi connectivity index (χ3v) is 3.31. The van der Waals surface area contributed by atoms with Crippen LogP contribution in [0.1, 0.15) is 13.3 Å². The number of hydrogen-bond donors (Lipinski definition) is 2. The SMILES string of the molecule is CC1CC1CNCC(=O)Nc1cccc(Cl)c1. The third-order valence-electron chi connectivity index (χ3n) is 3.08. The van der Waals surface area contributed by atoms with Gasteiger partial charge in [-0.1, -0.05) is 24.6 Å². The molecule has 3 nitrogen and oxygen atoms in total. The molecule has 2 atom stereocenters. The molecule has 4 heteroatoms. The van der Waals surface area contributed by atoms with Crippen molar-refractivity contribution in [3.05, 3.63) is 29.3 Å². The highest BCUT2D eigenvalue weighted by Crippen LogP contribution is 2.36. The first kappa shape index (κ1) is 12.4. The summed E-state index contributed by atoms with van der Waals surface area (Å²) in [6.45, 7) is 3.53. The minimum atomic E-state index is -0.0273. The van der Waals surface area contributed by atoms with E-state index >= 15 is 0 Å². The van der Waals surface area contributed by atoms with Gasteiger partial charge >= 0.3 is 0 Å². The molecule has 92 valence electrons. The largest absolute Gasteiger partial charge is 0.325 e. The van der Waals surface area contributed by atoms with Crippen molar-refractivity contribution in [2.75, 3.05) is 18.4 Å². The van der Waals surface area contributed by atoms with Gasteiger partial charge in [-0.15, -0.1) is 0 Å².